The molecule has 2 N–H and O–H groups in total. The fraction of sp³-hybridized carbons (Fsp3) is 0. The summed E-state index contributed by atoms with van der Waals surface area (Å²) in [5.74, 6) is -3.65. The first-order valence-electron chi connectivity index (χ1n) is 1.11. The van der Waals surface area contributed by atoms with Gasteiger partial charge in [0.15, 0.2) is 0 Å². The summed E-state index contributed by atoms with van der Waals surface area (Å²) >= 11 is 0. The standard InChI is InChI=1S/C2H2O4.Co/c3-1(4)2(5)6;/h(H,3,4)(H,5,6);. The largest absolute Gasteiger partial charge is 0.473 e. The summed E-state index contributed by atoms with van der Waals surface area (Å²) < 4.78 is 0. The fourth-order valence-corrected chi connectivity index (χ4v) is 0. The van der Waals surface area contributed by atoms with E-state index in [1.54, 1.807) is 0 Å². The quantitative estimate of drug-likeness (QED) is 0.440. The van der Waals surface area contributed by atoms with Crippen molar-refractivity contribution in [1.82, 2.24) is 0 Å². The molecule has 5 heteroatoms. The van der Waals surface area contributed by atoms with E-state index in [-0.39, 0.29) is 16.8 Å². The van der Waals surface area contributed by atoms with Crippen molar-refractivity contribution < 1.29 is 36.6 Å². The first-order chi connectivity index (χ1) is 2.64. The summed E-state index contributed by atoms with van der Waals surface area (Å²) in [7, 11) is 0. The number of carboxylic acids is 2. The van der Waals surface area contributed by atoms with Gasteiger partial charge in [0.25, 0.3) is 0 Å². The van der Waals surface area contributed by atoms with Crippen LogP contribution in [0.5, 0.6) is 0 Å². The van der Waals surface area contributed by atoms with Gasteiger partial charge in [0.2, 0.25) is 0 Å². The number of rotatable bonds is 0. The molecule has 0 aromatic carbocycles. The molecule has 0 spiro atoms. The molecule has 0 heterocycles. The Kier molecular flexibility index (Phi) is 5.02. The van der Waals surface area contributed by atoms with E-state index in [1.807, 2.05) is 0 Å². The zero-order valence-corrected chi connectivity index (χ0v) is 4.09. The molecule has 0 unspecified atom stereocenters. The van der Waals surface area contributed by atoms with Gasteiger partial charge in [-0.1, -0.05) is 0 Å². The van der Waals surface area contributed by atoms with Gasteiger partial charge in [0.1, 0.15) is 0 Å². The Morgan fingerprint density at radius 2 is 1.14 bits per heavy atom. The minimum absolute atomic E-state index is 0. The molecule has 0 bridgehead atoms. The second kappa shape index (κ2) is 3.63. The Morgan fingerprint density at radius 1 is 1.00 bits per heavy atom. The molecular weight excluding hydrogens is 147 g/mol. The third-order valence-corrected chi connectivity index (χ3v) is 0.183. The average molecular weight is 149 g/mol. The first kappa shape index (κ1) is 9.67. The van der Waals surface area contributed by atoms with Crippen LogP contribution in [0, 0.1) is 0 Å². The van der Waals surface area contributed by atoms with Crippen LogP contribution < -0.4 is 0 Å². The zero-order valence-electron chi connectivity index (χ0n) is 3.04. The molecule has 0 saturated carbocycles. The van der Waals surface area contributed by atoms with E-state index in [2.05, 4.69) is 0 Å². The van der Waals surface area contributed by atoms with Gasteiger partial charge in [-0.05, 0) is 0 Å². The molecule has 4 nitrogen and oxygen atoms in total. The summed E-state index contributed by atoms with van der Waals surface area (Å²) in [6.45, 7) is 0. The van der Waals surface area contributed by atoms with Gasteiger partial charge >= 0.3 is 11.9 Å². The molecule has 0 saturated heterocycles. The molecule has 0 aromatic heterocycles. The van der Waals surface area contributed by atoms with Crippen LogP contribution in [0.25, 0.3) is 0 Å². The third-order valence-electron chi connectivity index (χ3n) is 0.183. The van der Waals surface area contributed by atoms with Crippen LogP contribution in [0.3, 0.4) is 0 Å². The number of carboxylic acid groups (broad SMARTS) is 2. The Labute approximate surface area is 49.3 Å². The van der Waals surface area contributed by atoms with Crippen LogP contribution in [-0.2, 0) is 26.4 Å². The van der Waals surface area contributed by atoms with Crippen molar-refractivity contribution in [3.8, 4) is 0 Å². The zero-order chi connectivity index (χ0) is 5.15. The van der Waals surface area contributed by atoms with Crippen molar-refractivity contribution in [2.45, 2.75) is 0 Å². The van der Waals surface area contributed by atoms with Crippen molar-refractivity contribution in [3.63, 3.8) is 0 Å². The molecular formula is C2H2CoO4. The summed E-state index contributed by atoms with van der Waals surface area (Å²) in [5, 5.41) is 14.8. The minimum Gasteiger partial charge on any atom is -0.473 e. The van der Waals surface area contributed by atoms with E-state index in [0.717, 1.165) is 0 Å². The van der Waals surface area contributed by atoms with Crippen LogP contribution in [-0.4, -0.2) is 22.2 Å². The van der Waals surface area contributed by atoms with Gasteiger partial charge in [0.05, 0.1) is 0 Å². The number of carbonyl (C=O) groups is 2. The maximum absolute atomic E-state index is 9.10. The van der Waals surface area contributed by atoms with Crippen molar-refractivity contribution in [2.24, 2.45) is 0 Å². The molecule has 7 heavy (non-hydrogen) atoms. The van der Waals surface area contributed by atoms with E-state index in [9.17, 15) is 0 Å². The van der Waals surface area contributed by atoms with Crippen molar-refractivity contribution in [3.05, 3.63) is 0 Å². The monoisotopic (exact) mass is 149 g/mol. The molecule has 0 aliphatic carbocycles. The molecule has 0 fully saturated rings. The van der Waals surface area contributed by atoms with Crippen LogP contribution >= 0.6 is 0 Å². The predicted octanol–water partition coefficient (Wildman–Crippen LogP) is -0.847. The Morgan fingerprint density at radius 3 is 1.14 bits per heavy atom. The van der Waals surface area contributed by atoms with E-state index in [0.29, 0.717) is 0 Å². The maximum Gasteiger partial charge on any atom is 0.414 e. The fourth-order valence-electron chi connectivity index (χ4n) is 0. The molecule has 0 amide bonds. The summed E-state index contributed by atoms with van der Waals surface area (Å²) in [4.78, 5) is 18.2. The van der Waals surface area contributed by atoms with Crippen molar-refractivity contribution in [2.75, 3.05) is 0 Å². The molecule has 43 valence electrons. The topological polar surface area (TPSA) is 74.6 Å². The van der Waals surface area contributed by atoms with Crippen molar-refractivity contribution in [1.29, 1.82) is 0 Å². The van der Waals surface area contributed by atoms with E-state index in [1.165, 1.54) is 0 Å². The van der Waals surface area contributed by atoms with Gasteiger partial charge in [0, 0.05) is 16.8 Å². The van der Waals surface area contributed by atoms with Gasteiger partial charge < -0.3 is 10.2 Å². The normalized spacial score (nSPS) is 6.29. The average Bonchev–Trinajstić information content (AvgIpc) is 1.36. The van der Waals surface area contributed by atoms with E-state index in [4.69, 9.17) is 19.8 Å². The van der Waals surface area contributed by atoms with E-state index >= 15 is 0 Å². The SMILES string of the molecule is O=C(O)C(=O)O.[Co]. The summed E-state index contributed by atoms with van der Waals surface area (Å²) in [6.07, 6.45) is 0. The smallest absolute Gasteiger partial charge is 0.414 e. The summed E-state index contributed by atoms with van der Waals surface area (Å²) in [5.41, 5.74) is 0. The number of hydrogen-bond acceptors (Lipinski definition) is 2. The maximum atomic E-state index is 9.10. The molecule has 0 atom stereocenters. The molecule has 0 aliphatic heterocycles. The third kappa shape index (κ3) is 5.45. The van der Waals surface area contributed by atoms with Gasteiger partial charge in [-0.15, -0.1) is 0 Å². The molecule has 0 rings (SSSR count). The molecule has 1 radical (unpaired) electrons. The molecule has 0 aromatic rings. The summed E-state index contributed by atoms with van der Waals surface area (Å²) in [6, 6.07) is 0. The van der Waals surface area contributed by atoms with Crippen LogP contribution in [0.1, 0.15) is 0 Å². The van der Waals surface area contributed by atoms with Gasteiger partial charge in [-0.3, -0.25) is 0 Å². The minimum atomic E-state index is -1.82. The van der Waals surface area contributed by atoms with Gasteiger partial charge in [-0.2, -0.15) is 0 Å². The van der Waals surface area contributed by atoms with Crippen molar-refractivity contribution >= 4 is 11.9 Å². The predicted molar refractivity (Wildman–Crippen MR) is 15.3 cm³/mol. The van der Waals surface area contributed by atoms with Crippen LogP contribution in [0.15, 0.2) is 0 Å². The van der Waals surface area contributed by atoms with Gasteiger partial charge in [-0.25, -0.2) is 9.59 Å². The Bertz CT molecular complexity index is 75.7. The first-order valence-corrected chi connectivity index (χ1v) is 1.11. The second-order valence-electron chi connectivity index (χ2n) is 0.610. The second-order valence-corrected chi connectivity index (χ2v) is 0.610. The van der Waals surface area contributed by atoms with Crippen LogP contribution in [0.4, 0.5) is 0 Å². The Balaban J connectivity index is 0. The van der Waals surface area contributed by atoms with E-state index < -0.39 is 11.9 Å². The number of hydrogen-bond donors (Lipinski definition) is 2. The number of aliphatic carboxylic acids is 2. The van der Waals surface area contributed by atoms with Crippen LogP contribution in [0.2, 0.25) is 0 Å². The molecule has 0 aliphatic rings. The Hall–Kier alpha value is -0.554.